The minimum absolute atomic E-state index is 0.144. The van der Waals surface area contributed by atoms with Crippen molar-refractivity contribution in [2.24, 2.45) is 0 Å². The summed E-state index contributed by atoms with van der Waals surface area (Å²) in [6.07, 6.45) is 2.63. The average Bonchev–Trinajstić information content (AvgIpc) is 3.26. The number of ether oxygens (including phenoxy) is 1. The molecular weight excluding hydrogens is 436 g/mol. The number of aromatic nitrogens is 1. The summed E-state index contributed by atoms with van der Waals surface area (Å²) in [4.78, 5) is 37.3. The van der Waals surface area contributed by atoms with E-state index >= 15 is 0 Å². The fourth-order valence-corrected chi connectivity index (χ4v) is 4.88. The Morgan fingerprint density at radius 2 is 2.03 bits per heavy atom. The van der Waals surface area contributed by atoms with Gasteiger partial charge in [0, 0.05) is 39.0 Å². The van der Waals surface area contributed by atoms with Crippen LogP contribution in [0.2, 0.25) is 0 Å². The van der Waals surface area contributed by atoms with Gasteiger partial charge < -0.3 is 19.5 Å². The van der Waals surface area contributed by atoms with E-state index in [9.17, 15) is 14.4 Å². The molecule has 2 saturated heterocycles. The Hall–Kier alpha value is -3.46. The molecule has 3 aromatic rings. The van der Waals surface area contributed by atoms with Crippen LogP contribution in [-0.4, -0.2) is 60.1 Å². The summed E-state index contributed by atoms with van der Waals surface area (Å²) < 4.78 is 11.5. The molecule has 34 heavy (non-hydrogen) atoms. The first-order chi connectivity index (χ1) is 16.5. The van der Waals surface area contributed by atoms with Crippen LogP contribution in [0.3, 0.4) is 0 Å². The maximum Gasteiger partial charge on any atom is 0.235 e. The number of rotatable bonds is 6. The Bertz CT molecular complexity index is 1240. The first-order valence-electron chi connectivity index (χ1n) is 11.8. The van der Waals surface area contributed by atoms with E-state index in [4.69, 9.17) is 9.26 Å². The second kappa shape index (κ2) is 9.42. The number of likely N-dealkylation sites (tertiary alicyclic amines) is 1. The van der Waals surface area contributed by atoms with Gasteiger partial charge in [0.2, 0.25) is 17.7 Å². The smallest absolute Gasteiger partial charge is 0.235 e. The topological polar surface area (TPSA) is 114 Å². The highest BCUT2D eigenvalue weighted by molar-refractivity contribution is 6.10. The van der Waals surface area contributed by atoms with Gasteiger partial charge >= 0.3 is 0 Å². The number of nitrogens with one attached hydrogen (secondary N) is 2. The van der Waals surface area contributed by atoms with Gasteiger partial charge in [0.25, 0.3) is 0 Å². The first-order valence-corrected chi connectivity index (χ1v) is 11.8. The molecule has 9 heteroatoms. The van der Waals surface area contributed by atoms with Crippen LogP contribution < -0.4 is 15.4 Å². The van der Waals surface area contributed by atoms with Crippen molar-refractivity contribution in [3.63, 3.8) is 0 Å². The normalized spacial score (nSPS) is 19.6. The first kappa shape index (κ1) is 22.3. The van der Waals surface area contributed by atoms with Crippen molar-refractivity contribution >= 4 is 39.5 Å². The predicted octanol–water partition coefficient (Wildman–Crippen LogP) is 2.48. The molecule has 2 N–H and O–H groups in total. The molecule has 0 saturated carbocycles. The highest BCUT2D eigenvalue weighted by Crippen LogP contribution is 2.36. The number of benzene rings is 2. The zero-order chi connectivity index (χ0) is 23.7. The third-order valence-corrected chi connectivity index (χ3v) is 6.76. The van der Waals surface area contributed by atoms with Crippen LogP contribution in [0.5, 0.6) is 5.75 Å². The Morgan fingerprint density at radius 3 is 2.79 bits per heavy atom. The summed E-state index contributed by atoms with van der Waals surface area (Å²) in [5.74, 6) is -0.182. The van der Waals surface area contributed by atoms with E-state index in [1.807, 2.05) is 35.2 Å². The fraction of sp³-hybridized carbons (Fsp3) is 0.440. The van der Waals surface area contributed by atoms with Crippen LogP contribution in [0.25, 0.3) is 21.7 Å². The number of hydrogen-bond acceptors (Lipinski definition) is 7. The molecule has 1 aromatic heterocycles. The van der Waals surface area contributed by atoms with E-state index in [2.05, 4.69) is 15.8 Å². The van der Waals surface area contributed by atoms with Gasteiger partial charge in [-0.1, -0.05) is 11.2 Å². The van der Waals surface area contributed by atoms with Gasteiger partial charge in [0.1, 0.15) is 18.1 Å². The van der Waals surface area contributed by atoms with Crippen molar-refractivity contribution < 1.29 is 23.6 Å². The molecule has 5 rings (SSSR count). The maximum atomic E-state index is 12.4. The number of hydrogen-bond donors (Lipinski definition) is 2. The van der Waals surface area contributed by atoms with Crippen LogP contribution in [0.4, 0.5) is 0 Å². The van der Waals surface area contributed by atoms with Crippen molar-refractivity contribution in [2.75, 3.05) is 26.2 Å². The SMILES string of the molecule is CC(=O)N1CCC(NCCOc2ccc3c(ccc4onc(C5CCC(=O)NC5=O)c43)c2)CC1. The van der Waals surface area contributed by atoms with E-state index in [1.54, 1.807) is 6.92 Å². The predicted molar refractivity (Wildman–Crippen MR) is 125 cm³/mol. The molecule has 2 aliphatic heterocycles. The van der Waals surface area contributed by atoms with Crippen molar-refractivity contribution in [1.82, 2.24) is 20.7 Å². The van der Waals surface area contributed by atoms with Crippen LogP contribution in [0.15, 0.2) is 34.9 Å². The van der Waals surface area contributed by atoms with Gasteiger partial charge in [-0.2, -0.15) is 0 Å². The van der Waals surface area contributed by atoms with Crippen LogP contribution >= 0.6 is 0 Å². The lowest BCUT2D eigenvalue weighted by Gasteiger charge is -2.31. The number of imide groups is 1. The second-order valence-electron chi connectivity index (χ2n) is 8.98. The van der Waals surface area contributed by atoms with Crippen molar-refractivity contribution in [1.29, 1.82) is 0 Å². The van der Waals surface area contributed by atoms with Gasteiger partial charge in [0.15, 0.2) is 5.58 Å². The molecule has 178 valence electrons. The molecule has 3 amide bonds. The highest BCUT2D eigenvalue weighted by Gasteiger charge is 2.32. The summed E-state index contributed by atoms with van der Waals surface area (Å²) in [6, 6.07) is 10.0. The Labute approximate surface area is 196 Å². The lowest BCUT2D eigenvalue weighted by atomic mass is 9.91. The summed E-state index contributed by atoms with van der Waals surface area (Å²) in [5.41, 5.74) is 1.18. The minimum atomic E-state index is -0.506. The average molecular weight is 465 g/mol. The number of carbonyl (C=O) groups excluding carboxylic acids is 3. The van der Waals surface area contributed by atoms with Crippen LogP contribution in [-0.2, 0) is 14.4 Å². The molecule has 9 nitrogen and oxygen atoms in total. The minimum Gasteiger partial charge on any atom is -0.492 e. The molecule has 0 spiro atoms. The van der Waals surface area contributed by atoms with Crippen molar-refractivity contribution in [2.45, 2.75) is 44.6 Å². The summed E-state index contributed by atoms with van der Waals surface area (Å²) >= 11 is 0. The Morgan fingerprint density at radius 1 is 1.21 bits per heavy atom. The maximum absolute atomic E-state index is 12.4. The number of amides is 3. The third kappa shape index (κ3) is 4.48. The zero-order valence-electron chi connectivity index (χ0n) is 19.1. The molecule has 2 aliphatic rings. The second-order valence-corrected chi connectivity index (χ2v) is 8.98. The van der Waals surface area contributed by atoms with E-state index < -0.39 is 5.92 Å². The van der Waals surface area contributed by atoms with E-state index in [0.29, 0.717) is 30.3 Å². The van der Waals surface area contributed by atoms with Crippen LogP contribution in [0, 0.1) is 0 Å². The lowest BCUT2D eigenvalue weighted by Crippen LogP contribution is -2.45. The zero-order valence-corrected chi connectivity index (χ0v) is 19.1. The monoisotopic (exact) mass is 464 g/mol. The van der Waals surface area contributed by atoms with Gasteiger partial charge in [-0.05, 0) is 54.3 Å². The number of carbonyl (C=O) groups is 3. The van der Waals surface area contributed by atoms with Crippen molar-refractivity contribution in [3.05, 3.63) is 36.0 Å². The third-order valence-electron chi connectivity index (χ3n) is 6.76. The van der Waals surface area contributed by atoms with Gasteiger partial charge in [-0.25, -0.2) is 0 Å². The summed E-state index contributed by atoms with van der Waals surface area (Å²) in [6.45, 7) is 4.49. The number of piperidine rings is 2. The molecule has 2 fully saturated rings. The molecule has 3 heterocycles. The Kier molecular flexibility index (Phi) is 6.19. The van der Waals surface area contributed by atoms with Gasteiger partial charge in [-0.3, -0.25) is 19.7 Å². The molecule has 0 bridgehead atoms. The molecule has 1 unspecified atom stereocenters. The quantitative estimate of drug-likeness (QED) is 0.426. The number of nitrogens with zero attached hydrogens (tertiary/aromatic N) is 2. The van der Waals surface area contributed by atoms with Gasteiger partial charge in [0.05, 0.1) is 11.3 Å². The molecule has 0 radical (unpaired) electrons. The number of fused-ring (bicyclic) bond motifs is 3. The molecule has 2 aromatic carbocycles. The molecule has 1 atom stereocenters. The molecule has 0 aliphatic carbocycles. The van der Waals surface area contributed by atoms with Crippen LogP contribution in [0.1, 0.15) is 44.2 Å². The summed E-state index contributed by atoms with van der Waals surface area (Å²) in [5, 5.41) is 12.8. The largest absolute Gasteiger partial charge is 0.492 e. The van der Waals surface area contributed by atoms with E-state index in [1.165, 1.54) is 0 Å². The lowest BCUT2D eigenvalue weighted by molar-refractivity contribution is -0.134. The van der Waals surface area contributed by atoms with Gasteiger partial charge in [-0.15, -0.1) is 0 Å². The standard InChI is InChI=1S/C25H28N4O5/c1-15(30)29-11-8-17(9-12-29)26-10-13-33-18-3-4-19-16(14-18)2-6-21-23(19)24(28-34-21)20-5-7-22(31)27-25(20)32/h2-4,6,14,17,20,26H,5,7-13H2,1H3,(H,27,31,32). The highest BCUT2D eigenvalue weighted by atomic mass is 16.5. The fourth-order valence-electron chi connectivity index (χ4n) is 4.88. The summed E-state index contributed by atoms with van der Waals surface area (Å²) in [7, 11) is 0. The van der Waals surface area contributed by atoms with Crippen molar-refractivity contribution in [3.8, 4) is 5.75 Å². The van der Waals surface area contributed by atoms with E-state index in [-0.39, 0.29) is 24.1 Å². The molecular formula is C25H28N4O5. The Balaban J connectivity index is 1.24. The van der Waals surface area contributed by atoms with E-state index in [0.717, 1.165) is 54.4 Å².